The Kier molecular flexibility index (Phi) is 6.10. The molecular formula is C25H22O4S. The van der Waals surface area contributed by atoms with Crippen LogP contribution >= 0.6 is 11.8 Å². The smallest absolute Gasteiger partial charge is 0.349 e. The molecule has 0 fully saturated rings. The second-order valence-corrected chi connectivity index (χ2v) is 8.06. The third-order valence-electron chi connectivity index (χ3n) is 4.93. The monoisotopic (exact) mass is 418 g/mol. The van der Waals surface area contributed by atoms with Gasteiger partial charge in [-0.2, -0.15) is 0 Å². The summed E-state index contributed by atoms with van der Waals surface area (Å²) in [6.07, 6.45) is 0.159. The molecule has 4 rings (SSSR count). The molecule has 0 spiro atoms. The van der Waals surface area contributed by atoms with Crippen LogP contribution in [-0.2, 0) is 20.9 Å². The largest absolute Gasteiger partial charge is 0.511 e. The maximum Gasteiger partial charge on any atom is 0.349 e. The highest BCUT2D eigenvalue weighted by atomic mass is 32.2. The van der Waals surface area contributed by atoms with Crippen LogP contribution in [0.4, 0.5) is 0 Å². The van der Waals surface area contributed by atoms with Crippen LogP contribution in [0.1, 0.15) is 17.5 Å². The van der Waals surface area contributed by atoms with Crippen molar-refractivity contribution in [2.45, 2.75) is 17.8 Å². The normalized spacial score (nSPS) is 18.7. The molecule has 0 aromatic heterocycles. The summed E-state index contributed by atoms with van der Waals surface area (Å²) >= 11 is 1.29. The number of aliphatic hydroxyl groups excluding tert-OH is 1. The fourth-order valence-electron chi connectivity index (χ4n) is 3.38. The van der Waals surface area contributed by atoms with Crippen molar-refractivity contribution in [3.05, 3.63) is 113 Å². The van der Waals surface area contributed by atoms with Gasteiger partial charge in [-0.3, -0.25) is 0 Å². The summed E-state index contributed by atoms with van der Waals surface area (Å²) in [5.41, 5.74) is 0.769. The summed E-state index contributed by atoms with van der Waals surface area (Å²) in [6.45, 7) is 0.105. The fourth-order valence-corrected chi connectivity index (χ4v) is 4.29. The Bertz CT molecular complexity index is 1020. The topological polar surface area (TPSA) is 55.8 Å². The maximum absolute atomic E-state index is 12.9. The number of para-hydroxylation sites is 1. The molecule has 0 radical (unpaired) electrons. The molecule has 3 aromatic carbocycles. The highest BCUT2D eigenvalue weighted by Gasteiger charge is 2.44. The van der Waals surface area contributed by atoms with Gasteiger partial charge in [0.25, 0.3) is 0 Å². The van der Waals surface area contributed by atoms with Crippen molar-refractivity contribution in [3.8, 4) is 5.75 Å². The van der Waals surface area contributed by atoms with Crippen LogP contribution in [0.15, 0.2) is 102 Å². The van der Waals surface area contributed by atoms with Crippen LogP contribution in [0.5, 0.6) is 5.75 Å². The number of cyclic esters (lactones) is 1. The summed E-state index contributed by atoms with van der Waals surface area (Å²) < 4.78 is 11.9. The van der Waals surface area contributed by atoms with Gasteiger partial charge in [0.1, 0.15) is 23.0 Å². The molecule has 1 N–H and O–H groups in total. The lowest BCUT2D eigenvalue weighted by Gasteiger charge is -2.37. The maximum atomic E-state index is 12.9. The van der Waals surface area contributed by atoms with Crippen molar-refractivity contribution in [1.82, 2.24) is 0 Å². The fraction of sp³-hybridized carbons (Fsp3) is 0.160. The van der Waals surface area contributed by atoms with Crippen LogP contribution in [0.2, 0.25) is 0 Å². The number of ether oxygens (including phenoxy) is 2. The molecule has 1 aliphatic rings. The summed E-state index contributed by atoms with van der Waals surface area (Å²) in [5, 5.41) is 10.8. The van der Waals surface area contributed by atoms with E-state index in [4.69, 9.17) is 9.47 Å². The number of hydrogen-bond donors (Lipinski definition) is 1. The van der Waals surface area contributed by atoms with Gasteiger partial charge >= 0.3 is 5.97 Å². The average Bonchev–Trinajstić information content (AvgIpc) is 2.79. The minimum absolute atomic E-state index is 0.0349. The van der Waals surface area contributed by atoms with Crippen molar-refractivity contribution >= 4 is 17.7 Å². The van der Waals surface area contributed by atoms with Gasteiger partial charge < -0.3 is 14.6 Å². The zero-order valence-electron chi connectivity index (χ0n) is 16.4. The Labute approximate surface area is 180 Å². The molecule has 3 aromatic rings. The van der Waals surface area contributed by atoms with E-state index in [-0.39, 0.29) is 23.7 Å². The molecule has 4 nitrogen and oxygen atoms in total. The van der Waals surface area contributed by atoms with Crippen LogP contribution in [-0.4, -0.2) is 17.7 Å². The molecule has 0 saturated carbocycles. The van der Waals surface area contributed by atoms with Gasteiger partial charge in [0.05, 0.1) is 6.42 Å². The summed E-state index contributed by atoms with van der Waals surface area (Å²) in [6, 6.07) is 28.6. The van der Waals surface area contributed by atoms with Crippen molar-refractivity contribution in [1.29, 1.82) is 0 Å². The zero-order valence-corrected chi connectivity index (χ0v) is 17.2. The highest BCUT2D eigenvalue weighted by Crippen LogP contribution is 2.41. The van der Waals surface area contributed by atoms with E-state index in [1.807, 2.05) is 91.0 Å². The van der Waals surface area contributed by atoms with E-state index in [2.05, 4.69) is 0 Å². The first kappa shape index (κ1) is 20.1. The number of benzene rings is 3. The molecule has 0 amide bonds. The quantitative estimate of drug-likeness (QED) is 0.506. The molecular weight excluding hydrogens is 396 g/mol. The Morgan fingerprint density at radius 2 is 1.50 bits per heavy atom. The number of carbonyl (C=O) groups is 1. The van der Waals surface area contributed by atoms with Gasteiger partial charge in [-0.1, -0.05) is 78.9 Å². The Hall–Kier alpha value is -3.18. The van der Waals surface area contributed by atoms with Gasteiger partial charge in [0.2, 0.25) is 0 Å². The third-order valence-corrected chi connectivity index (χ3v) is 6.10. The summed E-state index contributed by atoms with van der Waals surface area (Å²) in [7, 11) is 0. The first-order chi connectivity index (χ1) is 14.7. The van der Waals surface area contributed by atoms with E-state index in [0.29, 0.717) is 11.5 Å². The van der Waals surface area contributed by atoms with Gasteiger partial charge in [-0.25, -0.2) is 4.79 Å². The number of thioether (sulfide) groups is 1. The second kappa shape index (κ2) is 9.09. The third kappa shape index (κ3) is 4.52. The number of esters is 1. The first-order valence-corrected chi connectivity index (χ1v) is 10.7. The van der Waals surface area contributed by atoms with E-state index in [0.717, 1.165) is 11.1 Å². The standard InChI is InChI=1S/C25H22O4S/c26-22-16-25(20-12-6-2-7-13-20,18-28-21-14-8-3-9-15-21)29-24(27)23(22)30-17-19-10-4-1-5-11-19/h1-15,26H,16-18H2. The van der Waals surface area contributed by atoms with Gasteiger partial charge in [-0.15, -0.1) is 11.8 Å². The van der Waals surface area contributed by atoms with E-state index in [1.165, 1.54) is 11.8 Å². The van der Waals surface area contributed by atoms with Gasteiger partial charge in [0, 0.05) is 5.75 Å². The predicted molar refractivity (Wildman–Crippen MR) is 118 cm³/mol. The van der Waals surface area contributed by atoms with Crippen molar-refractivity contribution < 1.29 is 19.4 Å². The molecule has 30 heavy (non-hydrogen) atoms. The summed E-state index contributed by atoms with van der Waals surface area (Å²) in [5.74, 6) is 0.762. The number of rotatable bonds is 7. The van der Waals surface area contributed by atoms with E-state index in [9.17, 15) is 9.90 Å². The van der Waals surface area contributed by atoms with Crippen molar-refractivity contribution in [2.24, 2.45) is 0 Å². The first-order valence-electron chi connectivity index (χ1n) is 9.72. The Balaban J connectivity index is 1.58. The second-order valence-electron chi connectivity index (χ2n) is 7.08. The van der Waals surface area contributed by atoms with Crippen molar-refractivity contribution in [2.75, 3.05) is 6.61 Å². The van der Waals surface area contributed by atoms with Gasteiger partial charge in [0.15, 0.2) is 5.60 Å². The minimum Gasteiger partial charge on any atom is -0.511 e. The van der Waals surface area contributed by atoms with Crippen LogP contribution < -0.4 is 4.74 Å². The zero-order chi connectivity index (χ0) is 20.8. The molecule has 1 unspecified atom stereocenters. The average molecular weight is 419 g/mol. The molecule has 1 atom stereocenters. The van der Waals surface area contributed by atoms with E-state index < -0.39 is 11.6 Å². The molecule has 0 bridgehead atoms. The van der Waals surface area contributed by atoms with E-state index in [1.54, 1.807) is 0 Å². The lowest BCUT2D eigenvalue weighted by Crippen LogP contribution is -2.42. The lowest BCUT2D eigenvalue weighted by molar-refractivity contribution is -0.163. The molecule has 5 heteroatoms. The van der Waals surface area contributed by atoms with Crippen LogP contribution in [0.25, 0.3) is 0 Å². The Morgan fingerprint density at radius 1 is 0.900 bits per heavy atom. The molecule has 152 valence electrons. The highest BCUT2D eigenvalue weighted by molar-refractivity contribution is 8.03. The molecule has 1 heterocycles. The van der Waals surface area contributed by atoms with Crippen molar-refractivity contribution in [3.63, 3.8) is 0 Å². The predicted octanol–water partition coefficient (Wildman–Crippen LogP) is 5.61. The SMILES string of the molecule is O=C1OC(COc2ccccc2)(c2ccccc2)CC(O)=C1SCc1ccccc1. The number of hydrogen-bond acceptors (Lipinski definition) is 5. The van der Waals surface area contributed by atoms with E-state index >= 15 is 0 Å². The molecule has 0 saturated heterocycles. The number of carbonyl (C=O) groups excluding carboxylic acids is 1. The molecule has 1 aliphatic heterocycles. The van der Waals surface area contributed by atoms with Gasteiger partial charge in [-0.05, 0) is 23.3 Å². The molecule has 0 aliphatic carbocycles. The van der Waals surface area contributed by atoms with Crippen LogP contribution in [0, 0.1) is 0 Å². The summed E-state index contributed by atoms with van der Waals surface area (Å²) in [4.78, 5) is 13.2. The lowest BCUT2D eigenvalue weighted by atomic mass is 9.88. The number of aliphatic hydroxyl groups is 1. The Morgan fingerprint density at radius 3 is 2.13 bits per heavy atom. The minimum atomic E-state index is -1.09. The van der Waals surface area contributed by atoms with Crippen LogP contribution in [0.3, 0.4) is 0 Å².